The van der Waals surface area contributed by atoms with E-state index in [0.29, 0.717) is 11.6 Å². The number of amides is 2. The number of carbonyl (C=O) groups is 1. The van der Waals surface area contributed by atoms with Gasteiger partial charge in [0.1, 0.15) is 0 Å². The summed E-state index contributed by atoms with van der Waals surface area (Å²) in [5, 5.41) is 6.55. The molecule has 21 heavy (non-hydrogen) atoms. The molecule has 1 heterocycles. The number of pyridine rings is 1. The number of carbonyl (C=O) groups excluding carboxylic acids is 1. The average Bonchev–Trinajstić information content (AvgIpc) is 3.22. The predicted octanol–water partition coefficient (Wildman–Crippen LogP) is 2.11. The second-order valence-electron chi connectivity index (χ2n) is 5.75. The van der Waals surface area contributed by atoms with Gasteiger partial charge in [-0.15, -0.1) is 0 Å². The van der Waals surface area contributed by atoms with Crippen LogP contribution < -0.4 is 16.2 Å². The highest BCUT2D eigenvalue weighted by Gasteiger charge is 2.23. The Morgan fingerprint density at radius 3 is 2.67 bits per heavy atom. The SMILES string of the molecule is Cc1cc2cc(CNC(=O)NC3CC3)c(=O)[nH]c2cc1C. The van der Waals surface area contributed by atoms with Gasteiger partial charge in [-0.05, 0) is 61.4 Å². The van der Waals surface area contributed by atoms with Crippen molar-refractivity contribution in [1.29, 1.82) is 0 Å². The Balaban J connectivity index is 1.81. The molecule has 110 valence electrons. The van der Waals surface area contributed by atoms with Crippen LogP contribution in [0.25, 0.3) is 10.9 Å². The van der Waals surface area contributed by atoms with Gasteiger partial charge in [-0.3, -0.25) is 4.79 Å². The molecule has 0 unspecified atom stereocenters. The molecule has 0 spiro atoms. The van der Waals surface area contributed by atoms with Crippen LogP contribution in [0.2, 0.25) is 0 Å². The number of benzene rings is 1. The largest absolute Gasteiger partial charge is 0.335 e. The summed E-state index contributed by atoms with van der Waals surface area (Å²) >= 11 is 0. The number of aryl methyl sites for hydroxylation is 2. The summed E-state index contributed by atoms with van der Waals surface area (Å²) in [5.74, 6) is 0. The van der Waals surface area contributed by atoms with Crippen molar-refractivity contribution in [3.8, 4) is 0 Å². The van der Waals surface area contributed by atoms with Gasteiger partial charge < -0.3 is 15.6 Å². The second kappa shape index (κ2) is 5.24. The Bertz CT molecular complexity index is 760. The molecule has 0 atom stereocenters. The van der Waals surface area contributed by atoms with E-state index in [1.54, 1.807) is 0 Å². The summed E-state index contributed by atoms with van der Waals surface area (Å²) in [4.78, 5) is 26.5. The second-order valence-corrected chi connectivity index (χ2v) is 5.75. The number of nitrogens with one attached hydrogen (secondary N) is 3. The number of fused-ring (bicyclic) bond motifs is 1. The first kappa shape index (κ1) is 13.7. The van der Waals surface area contributed by atoms with E-state index in [9.17, 15) is 9.59 Å². The molecule has 3 rings (SSSR count). The van der Waals surface area contributed by atoms with Crippen molar-refractivity contribution in [3.63, 3.8) is 0 Å². The van der Waals surface area contributed by atoms with E-state index >= 15 is 0 Å². The minimum Gasteiger partial charge on any atom is -0.335 e. The molecule has 0 radical (unpaired) electrons. The fourth-order valence-electron chi connectivity index (χ4n) is 2.29. The normalized spacial score (nSPS) is 14.2. The first-order valence-corrected chi connectivity index (χ1v) is 7.20. The van der Waals surface area contributed by atoms with Gasteiger partial charge in [-0.2, -0.15) is 0 Å². The highest BCUT2D eigenvalue weighted by Crippen LogP contribution is 2.18. The first-order chi connectivity index (χ1) is 10.0. The molecule has 0 saturated heterocycles. The Labute approximate surface area is 122 Å². The van der Waals surface area contributed by atoms with Crippen LogP contribution in [0.4, 0.5) is 4.79 Å². The summed E-state index contributed by atoms with van der Waals surface area (Å²) in [6.45, 7) is 4.29. The van der Waals surface area contributed by atoms with Gasteiger partial charge in [0.2, 0.25) is 0 Å². The zero-order chi connectivity index (χ0) is 15.0. The van der Waals surface area contributed by atoms with E-state index in [2.05, 4.69) is 15.6 Å². The van der Waals surface area contributed by atoms with Crippen LogP contribution in [-0.4, -0.2) is 17.1 Å². The summed E-state index contributed by atoms with van der Waals surface area (Å²) in [7, 11) is 0. The zero-order valence-corrected chi connectivity index (χ0v) is 12.2. The summed E-state index contributed by atoms with van der Waals surface area (Å²) in [6, 6.07) is 5.97. The third kappa shape index (κ3) is 3.07. The van der Waals surface area contributed by atoms with Gasteiger partial charge in [0, 0.05) is 23.7 Å². The number of rotatable bonds is 3. The number of hydrogen-bond donors (Lipinski definition) is 3. The van der Waals surface area contributed by atoms with Crippen molar-refractivity contribution >= 4 is 16.9 Å². The maximum atomic E-state index is 12.0. The molecule has 3 N–H and O–H groups in total. The molecule has 5 nitrogen and oxygen atoms in total. The summed E-state index contributed by atoms with van der Waals surface area (Å²) in [6.07, 6.45) is 2.09. The van der Waals surface area contributed by atoms with E-state index in [0.717, 1.165) is 29.3 Å². The fraction of sp³-hybridized carbons (Fsp3) is 0.375. The molecule has 2 aromatic rings. The molecule has 1 saturated carbocycles. The van der Waals surface area contributed by atoms with Crippen molar-refractivity contribution in [3.05, 3.63) is 45.2 Å². The third-order valence-electron chi connectivity index (χ3n) is 3.89. The number of urea groups is 1. The predicted molar refractivity (Wildman–Crippen MR) is 82.4 cm³/mol. The molecule has 5 heteroatoms. The quantitative estimate of drug-likeness (QED) is 0.808. The van der Waals surface area contributed by atoms with Crippen molar-refractivity contribution in [2.24, 2.45) is 0 Å². The minimum atomic E-state index is -0.211. The zero-order valence-electron chi connectivity index (χ0n) is 12.2. The van der Waals surface area contributed by atoms with Gasteiger partial charge in [0.25, 0.3) is 5.56 Å². The summed E-state index contributed by atoms with van der Waals surface area (Å²) in [5.41, 5.74) is 3.57. The van der Waals surface area contributed by atoms with Crippen molar-refractivity contribution in [1.82, 2.24) is 15.6 Å². The van der Waals surface area contributed by atoms with Crippen LogP contribution in [0, 0.1) is 13.8 Å². The van der Waals surface area contributed by atoms with Crippen molar-refractivity contribution in [2.75, 3.05) is 0 Å². The van der Waals surface area contributed by atoms with Gasteiger partial charge in [-0.1, -0.05) is 0 Å². The maximum absolute atomic E-state index is 12.0. The highest BCUT2D eigenvalue weighted by atomic mass is 16.2. The topological polar surface area (TPSA) is 74.0 Å². The minimum absolute atomic E-state index is 0.155. The standard InChI is InChI=1S/C16H19N3O2/c1-9-5-11-7-12(8-17-16(21)18-13-3-4-13)15(20)19-14(11)6-10(9)2/h5-7,13H,3-4,8H2,1-2H3,(H,19,20)(H2,17,18,21). The molecule has 0 bridgehead atoms. The van der Waals surface area contributed by atoms with E-state index in [-0.39, 0.29) is 18.1 Å². The lowest BCUT2D eigenvalue weighted by Gasteiger charge is -2.08. The molecule has 1 fully saturated rings. The Morgan fingerprint density at radius 2 is 1.95 bits per heavy atom. The van der Waals surface area contributed by atoms with Crippen LogP contribution in [0.3, 0.4) is 0 Å². The Kier molecular flexibility index (Phi) is 3.41. The van der Waals surface area contributed by atoms with E-state index < -0.39 is 0 Å². The van der Waals surface area contributed by atoms with Gasteiger partial charge >= 0.3 is 6.03 Å². The number of aromatic amines is 1. The van der Waals surface area contributed by atoms with Crippen LogP contribution in [0.5, 0.6) is 0 Å². The smallest absolute Gasteiger partial charge is 0.315 e. The number of hydrogen-bond acceptors (Lipinski definition) is 2. The van der Waals surface area contributed by atoms with Crippen LogP contribution >= 0.6 is 0 Å². The van der Waals surface area contributed by atoms with Gasteiger partial charge in [-0.25, -0.2) is 4.79 Å². The fourth-order valence-corrected chi connectivity index (χ4v) is 2.29. The Morgan fingerprint density at radius 1 is 1.24 bits per heavy atom. The van der Waals surface area contributed by atoms with E-state index in [1.807, 2.05) is 32.0 Å². The number of H-pyrrole nitrogens is 1. The lowest BCUT2D eigenvalue weighted by atomic mass is 10.1. The Hall–Kier alpha value is -2.30. The lowest BCUT2D eigenvalue weighted by molar-refractivity contribution is 0.240. The number of aromatic nitrogens is 1. The van der Waals surface area contributed by atoms with E-state index in [1.165, 1.54) is 5.56 Å². The maximum Gasteiger partial charge on any atom is 0.315 e. The van der Waals surface area contributed by atoms with Crippen molar-refractivity contribution in [2.45, 2.75) is 39.3 Å². The molecular weight excluding hydrogens is 266 g/mol. The highest BCUT2D eigenvalue weighted by molar-refractivity contribution is 5.81. The monoisotopic (exact) mass is 285 g/mol. The molecular formula is C16H19N3O2. The van der Waals surface area contributed by atoms with Crippen LogP contribution in [-0.2, 0) is 6.54 Å². The van der Waals surface area contributed by atoms with Gasteiger partial charge in [0.05, 0.1) is 0 Å². The third-order valence-corrected chi connectivity index (χ3v) is 3.89. The summed E-state index contributed by atoms with van der Waals surface area (Å²) < 4.78 is 0. The van der Waals surface area contributed by atoms with Gasteiger partial charge in [0.15, 0.2) is 0 Å². The lowest BCUT2D eigenvalue weighted by Crippen LogP contribution is -2.37. The first-order valence-electron chi connectivity index (χ1n) is 7.20. The molecule has 0 aliphatic heterocycles. The van der Waals surface area contributed by atoms with E-state index in [4.69, 9.17) is 0 Å². The molecule has 1 aliphatic rings. The van der Waals surface area contributed by atoms with Crippen LogP contribution in [0.15, 0.2) is 23.0 Å². The van der Waals surface area contributed by atoms with Crippen molar-refractivity contribution < 1.29 is 4.79 Å². The molecule has 2 amide bonds. The molecule has 1 aliphatic carbocycles. The average molecular weight is 285 g/mol. The van der Waals surface area contributed by atoms with Crippen LogP contribution in [0.1, 0.15) is 29.5 Å². The molecule has 1 aromatic carbocycles. The molecule has 1 aromatic heterocycles.